The number of carboxylic acids is 1. The van der Waals surface area contributed by atoms with E-state index in [4.69, 9.17) is 33.0 Å². The average molecular weight is 396 g/mol. The molecule has 26 heavy (non-hydrogen) atoms. The quantitative estimate of drug-likeness (QED) is 0.811. The third-order valence-electron chi connectivity index (χ3n) is 4.81. The van der Waals surface area contributed by atoms with E-state index in [2.05, 4.69) is 5.32 Å². The molecule has 1 aromatic carbocycles. The van der Waals surface area contributed by atoms with Gasteiger partial charge in [0.05, 0.1) is 12.5 Å². The van der Waals surface area contributed by atoms with Crippen molar-refractivity contribution in [1.82, 2.24) is 5.32 Å². The Morgan fingerprint density at radius 1 is 1.42 bits per heavy atom. The van der Waals surface area contributed by atoms with Crippen LogP contribution in [0.25, 0.3) is 0 Å². The van der Waals surface area contributed by atoms with Crippen LogP contribution in [-0.2, 0) is 14.3 Å². The van der Waals surface area contributed by atoms with Crippen LogP contribution in [0.1, 0.15) is 31.4 Å². The molecule has 7 heteroatoms. The van der Waals surface area contributed by atoms with Crippen molar-refractivity contribution in [3.8, 4) is 0 Å². The van der Waals surface area contributed by atoms with Crippen LogP contribution in [0.2, 0.25) is 5.02 Å². The molecule has 1 aliphatic heterocycles. The van der Waals surface area contributed by atoms with Crippen LogP contribution < -0.4 is 5.32 Å². The molecule has 1 amide bonds. The van der Waals surface area contributed by atoms with Crippen LogP contribution in [0.5, 0.6) is 0 Å². The van der Waals surface area contributed by atoms with Crippen molar-refractivity contribution >= 4 is 35.1 Å². The number of morpholine rings is 1. The van der Waals surface area contributed by atoms with Crippen molar-refractivity contribution in [2.45, 2.75) is 38.0 Å². The summed E-state index contributed by atoms with van der Waals surface area (Å²) in [6, 6.07) is 6.79. The zero-order valence-electron chi connectivity index (χ0n) is 14.1. The van der Waals surface area contributed by atoms with Crippen molar-refractivity contribution in [3.05, 3.63) is 58.1 Å². The van der Waals surface area contributed by atoms with E-state index < -0.39 is 42.0 Å². The van der Waals surface area contributed by atoms with Crippen molar-refractivity contribution in [3.63, 3.8) is 0 Å². The lowest BCUT2D eigenvalue weighted by atomic mass is 9.72. The first-order chi connectivity index (χ1) is 12.3. The molecule has 1 aliphatic carbocycles. The second-order valence-corrected chi connectivity index (χ2v) is 7.69. The molecular formula is C19H19Cl2NO4. The van der Waals surface area contributed by atoms with Gasteiger partial charge in [0.2, 0.25) is 5.91 Å². The topological polar surface area (TPSA) is 75.6 Å². The maximum atomic E-state index is 12.4. The van der Waals surface area contributed by atoms with E-state index in [-0.39, 0.29) is 0 Å². The van der Waals surface area contributed by atoms with Gasteiger partial charge in [0.1, 0.15) is 12.2 Å². The minimum absolute atomic E-state index is 0.393. The molecular weight excluding hydrogens is 377 g/mol. The molecule has 4 unspecified atom stereocenters. The standard InChI is InChI=1S/C19H19Cl2NO4/c1-19(7-5-12(20)6-8-19)17-16(11-3-2-4-13(21)9-11)26-14(10-15(23)24)18(25)22-17/h2-7,9,14,16-17H,8,10H2,1H3,(H,22,25)(H,23,24). The number of amides is 1. The summed E-state index contributed by atoms with van der Waals surface area (Å²) in [5.74, 6) is -1.52. The molecule has 2 aliphatic rings. The average Bonchev–Trinajstić information content (AvgIpc) is 2.59. The molecule has 138 valence electrons. The van der Waals surface area contributed by atoms with Crippen molar-refractivity contribution < 1.29 is 19.4 Å². The SMILES string of the molecule is CC1(C2NC(=O)C(CC(=O)O)OC2c2cccc(Cl)c2)C=CC(Cl)=CC1. The normalized spacial score (nSPS) is 31.3. The van der Waals surface area contributed by atoms with Gasteiger partial charge >= 0.3 is 5.97 Å². The fourth-order valence-electron chi connectivity index (χ4n) is 3.36. The van der Waals surface area contributed by atoms with E-state index in [1.54, 1.807) is 24.3 Å². The van der Waals surface area contributed by atoms with Gasteiger partial charge in [0, 0.05) is 15.5 Å². The molecule has 0 aromatic heterocycles. The summed E-state index contributed by atoms with van der Waals surface area (Å²) in [4.78, 5) is 23.5. The zero-order valence-corrected chi connectivity index (χ0v) is 15.6. The highest BCUT2D eigenvalue weighted by Crippen LogP contribution is 2.43. The minimum atomic E-state index is -1.09. The molecule has 0 radical (unpaired) electrons. The second kappa shape index (κ2) is 7.43. The largest absolute Gasteiger partial charge is 0.481 e. The summed E-state index contributed by atoms with van der Waals surface area (Å²) < 4.78 is 5.97. The number of nitrogens with one attached hydrogen (secondary N) is 1. The van der Waals surface area contributed by atoms with E-state index in [0.717, 1.165) is 5.56 Å². The highest BCUT2D eigenvalue weighted by Gasteiger charge is 2.46. The summed E-state index contributed by atoms with van der Waals surface area (Å²) in [6.07, 6.45) is 4.30. The first-order valence-electron chi connectivity index (χ1n) is 8.26. The molecule has 2 N–H and O–H groups in total. The van der Waals surface area contributed by atoms with Gasteiger partial charge in [-0.05, 0) is 30.2 Å². The molecule has 1 aromatic rings. The Labute approximate surface area is 161 Å². The van der Waals surface area contributed by atoms with Gasteiger partial charge in [-0.3, -0.25) is 9.59 Å². The number of hydrogen-bond donors (Lipinski definition) is 2. The zero-order chi connectivity index (χ0) is 18.9. The van der Waals surface area contributed by atoms with Gasteiger partial charge in [-0.15, -0.1) is 0 Å². The highest BCUT2D eigenvalue weighted by atomic mass is 35.5. The summed E-state index contributed by atoms with van der Waals surface area (Å²) in [7, 11) is 0. The fourth-order valence-corrected chi connectivity index (χ4v) is 3.70. The van der Waals surface area contributed by atoms with Crippen molar-refractivity contribution in [2.75, 3.05) is 0 Å². The lowest BCUT2D eigenvalue weighted by Gasteiger charge is -2.45. The third kappa shape index (κ3) is 3.95. The van der Waals surface area contributed by atoms with Gasteiger partial charge in [-0.25, -0.2) is 0 Å². The Balaban J connectivity index is 1.96. The third-order valence-corrected chi connectivity index (χ3v) is 5.33. The van der Waals surface area contributed by atoms with Crippen LogP contribution in [0, 0.1) is 5.41 Å². The number of carbonyl (C=O) groups is 2. The number of hydrogen-bond acceptors (Lipinski definition) is 3. The predicted octanol–water partition coefficient (Wildman–Crippen LogP) is 3.83. The Kier molecular flexibility index (Phi) is 5.42. The Morgan fingerprint density at radius 3 is 2.81 bits per heavy atom. The van der Waals surface area contributed by atoms with Gasteiger partial charge in [-0.1, -0.05) is 54.4 Å². The van der Waals surface area contributed by atoms with Gasteiger partial charge < -0.3 is 15.2 Å². The van der Waals surface area contributed by atoms with Gasteiger partial charge in [0.25, 0.3) is 0 Å². The molecule has 1 fully saturated rings. The first-order valence-corrected chi connectivity index (χ1v) is 9.02. The van der Waals surface area contributed by atoms with Crippen LogP contribution in [0.4, 0.5) is 0 Å². The number of carbonyl (C=O) groups excluding carboxylic acids is 1. The fraction of sp³-hybridized carbons (Fsp3) is 0.368. The summed E-state index contributed by atoms with van der Waals surface area (Å²) in [5.41, 5.74) is 0.350. The van der Waals surface area contributed by atoms with E-state index >= 15 is 0 Å². The van der Waals surface area contributed by atoms with Crippen LogP contribution in [-0.4, -0.2) is 29.1 Å². The van der Waals surface area contributed by atoms with Crippen LogP contribution >= 0.6 is 23.2 Å². The monoisotopic (exact) mass is 395 g/mol. The Morgan fingerprint density at radius 2 is 2.19 bits per heavy atom. The number of rotatable bonds is 4. The molecule has 0 bridgehead atoms. The van der Waals surface area contributed by atoms with E-state index in [1.165, 1.54) is 0 Å². The van der Waals surface area contributed by atoms with Crippen LogP contribution in [0.3, 0.4) is 0 Å². The maximum absolute atomic E-state index is 12.4. The number of benzene rings is 1. The summed E-state index contributed by atoms with van der Waals surface area (Å²) >= 11 is 12.2. The number of aliphatic carboxylic acids is 1. The molecule has 5 nitrogen and oxygen atoms in total. The van der Waals surface area contributed by atoms with Crippen molar-refractivity contribution in [1.29, 1.82) is 0 Å². The molecule has 3 rings (SSSR count). The lowest BCUT2D eigenvalue weighted by Crippen LogP contribution is -2.58. The molecule has 4 atom stereocenters. The minimum Gasteiger partial charge on any atom is -0.481 e. The molecule has 0 saturated carbocycles. The van der Waals surface area contributed by atoms with E-state index in [9.17, 15) is 9.59 Å². The van der Waals surface area contributed by atoms with E-state index in [0.29, 0.717) is 16.5 Å². The van der Waals surface area contributed by atoms with Gasteiger partial charge in [-0.2, -0.15) is 0 Å². The molecule has 1 saturated heterocycles. The smallest absolute Gasteiger partial charge is 0.306 e. The summed E-state index contributed by atoms with van der Waals surface area (Å²) in [6.45, 7) is 2.01. The Bertz CT molecular complexity index is 791. The number of carboxylic acid groups (broad SMARTS) is 1. The molecule has 0 spiro atoms. The lowest BCUT2D eigenvalue weighted by molar-refractivity contribution is -0.162. The number of ether oxygens (including phenoxy) is 1. The van der Waals surface area contributed by atoms with Crippen LogP contribution in [0.15, 0.2) is 47.5 Å². The van der Waals surface area contributed by atoms with Crippen molar-refractivity contribution in [2.24, 2.45) is 5.41 Å². The van der Waals surface area contributed by atoms with Gasteiger partial charge in [0.15, 0.2) is 0 Å². The molecule has 1 heterocycles. The second-order valence-electron chi connectivity index (χ2n) is 6.82. The number of halogens is 2. The highest BCUT2D eigenvalue weighted by molar-refractivity contribution is 6.31. The number of allylic oxidation sites excluding steroid dienone is 3. The van der Waals surface area contributed by atoms with E-state index in [1.807, 2.05) is 25.1 Å². The first kappa shape index (κ1) is 19.0. The predicted molar refractivity (Wildman–Crippen MR) is 99.0 cm³/mol. The maximum Gasteiger partial charge on any atom is 0.306 e. The summed E-state index contributed by atoms with van der Waals surface area (Å²) in [5, 5.41) is 13.2. The Hall–Kier alpha value is -1.82.